The summed E-state index contributed by atoms with van der Waals surface area (Å²) >= 11 is 0. The van der Waals surface area contributed by atoms with Gasteiger partial charge in [0.1, 0.15) is 0 Å². The Hall–Kier alpha value is -1.68. The van der Waals surface area contributed by atoms with Gasteiger partial charge < -0.3 is 10.2 Å². The summed E-state index contributed by atoms with van der Waals surface area (Å²) in [7, 11) is 0. The van der Waals surface area contributed by atoms with Crippen molar-refractivity contribution in [3.8, 4) is 0 Å². The SMILES string of the molecule is CC(=O)c1ccccc1NC(=O)[C@@H](C)[NH+]1CCCCCCC1. The van der Waals surface area contributed by atoms with Crippen LogP contribution in [0.1, 0.15) is 56.3 Å². The quantitative estimate of drug-likeness (QED) is 0.837. The minimum absolute atomic E-state index is 0.00396. The molecule has 0 aromatic heterocycles. The summed E-state index contributed by atoms with van der Waals surface area (Å²) in [6, 6.07) is 7.13. The fourth-order valence-electron chi connectivity index (χ4n) is 3.12. The van der Waals surface area contributed by atoms with Gasteiger partial charge >= 0.3 is 0 Å². The van der Waals surface area contributed by atoms with Gasteiger partial charge in [-0.2, -0.15) is 0 Å². The summed E-state index contributed by atoms with van der Waals surface area (Å²) in [5.41, 5.74) is 1.20. The number of Topliss-reactive ketones (excluding diaryl/α,β-unsaturated/α-hetero) is 1. The molecule has 0 spiro atoms. The van der Waals surface area contributed by atoms with Crippen LogP contribution in [0.5, 0.6) is 0 Å². The van der Waals surface area contributed by atoms with Crippen molar-refractivity contribution in [3.05, 3.63) is 29.8 Å². The average molecular weight is 303 g/mol. The van der Waals surface area contributed by atoms with Crippen LogP contribution >= 0.6 is 0 Å². The van der Waals surface area contributed by atoms with Gasteiger partial charge in [-0.1, -0.05) is 18.6 Å². The van der Waals surface area contributed by atoms with E-state index in [1.807, 2.05) is 19.1 Å². The Bertz CT molecular complexity index is 520. The highest BCUT2D eigenvalue weighted by Crippen LogP contribution is 2.15. The second-order valence-electron chi connectivity index (χ2n) is 6.24. The fourth-order valence-corrected chi connectivity index (χ4v) is 3.12. The van der Waals surface area contributed by atoms with Crippen LogP contribution in [0, 0.1) is 0 Å². The van der Waals surface area contributed by atoms with Crippen molar-refractivity contribution in [1.82, 2.24) is 0 Å². The minimum atomic E-state index is -0.0851. The number of anilines is 1. The standard InChI is InChI=1S/C18H26N2O2/c1-14(20-12-8-4-3-5-9-13-20)18(22)19-17-11-7-6-10-16(17)15(2)21/h6-7,10-11,14H,3-5,8-9,12-13H2,1-2H3,(H,19,22)/p+1/t14-/m1/s1. The van der Waals surface area contributed by atoms with Crippen molar-refractivity contribution in [1.29, 1.82) is 0 Å². The number of quaternary nitrogens is 1. The molecule has 4 nitrogen and oxygen atoms in total. The molecule has 1 heterocycles. The van der Waals surface area contributed by atoms with E-state index in [-0.39, 0.29) is 17.7 Å². The van der Waals surface area contributed by atoms with E-state index in [0.717, 1.165) is 13.1 Å². The zero-order valence-electron chi connectivity index (χ0n) is 13.7. The zero-order valence-corrected chi connectivity index (χ0v) is 13.7. The maximum atomic E-state index is 12.5. The Morgan fingerprint density at radius 1 is 1.05 bits per heavy atom. The number of likely N-dealkylation sites (tertiary alicyclic amines) is 1. The smallest absolute Gasteiger partial charge is 0.282 e. The molecule has 1 amide bonds. The molecule has 0 radical (unpaired) electrons. The summed E-state index contributed by atoms with van der Waals surface area (Å²) in [6.45, 7) is 5.63. The number of hydrogen-bond acceptors (Lipinski definition) is 2. The molecular formula is C18H27N2O2+. The number of rotatable bonds is 4. The number of ketones is 1. The zero-order chi connectivity index (χ0) is 15.9. The Kier molecular flexibility index (Phi) is 6.13. The van der Waals surface area contributed by atoms with Crippen LogP contribution in [0.15, 0.2) is 24.3 Å². The Labute approximate surface area is 132 Å². The molecule has 0 unspecified atom stereocenters. The second-order valence-corrected chi connectivity index (χ2v) is 6.24. The molecule has 1 aliphatic rings. The topological polar surface area (TPSA) is 50.6 Å². The van der Waals surface area contributed by atoms with Crippen molar-refractivity contribution in [2.75, 3.05) is 18.4 Å². The predicted octanol–water partition coefficient (Wildman–Crippen LogP) is 2.07. The average Bonchev–Trinajstić information content (AvgIpc) is 2.46. The first kappa shape index (κ1) is 16.7. The summed E-state index contributed by atoms with van der Waals surface area (Å²) in [5.74, 6) is -0.0218. The maximum Gasteiger partial charge on any atom is 0.282 e. The van der Waals surface area contributed by atoms with E-state index in [1.165, 1.54) is 43.9 Å². The van der Waals surface area contributed by atoms with E-state index in [2.05, 4.69) is 5.32 Å². The van der Waals surface area contributed by atoms with Crippen molar-refractivity contribution in [2.45, 2.75) is 52.0 Å². The van der Waals surface area contributed by atoms with E-state index < -0.39 is 0 Å². The Morgan fingerprint density at radius 2 is 1.64 bits per heavy atom. The number of para-hydroxylation sites is 1. The largest absolute Gasteiger partial charge is 0.325 e. The lowest BCUT2D eigenvalue weighted by Crippen LogP contribution is -3.16. The van der Waals surface area contributed by atoms with Gasteiger partial charge in [-0.3, -0.25) is 9.59 Å². The third-order valence-electron chi connectivity index (χ3n) is 4.57. The molecule has 1 aliphatic heterocycles. The molecular weight excluding hydrogens is 276 g/mol. The van der Waals surface area contributed by atoms with Gasteiger partial charge in [0, 0.05) is 5.56 Å². The highest BCUT2D eigenvalue weighted by Gasteiger charge is 2.26. The highest BCUT2D eigenvalue weighted by atomic mass is 16.2. The number of hydrogen-bond donors (Lipinski definition) is 2. The van der Waals surface area contributed by atoms with Crippen LogP contribution in [0.2, 0.25) is 0 Å². The normalized spacial score (nSPS) is 18.1. The number of amides is 1. The van der Waals surface area contributed by atoms with Crippen LogP contribution in [0.25, 0.3) is 0 Å². The van der Waals surface area contributed by atoms with Crippen LogP contribution in [0.4, 0.5) is 5.69 Å². The molecule has 2 N–H and O–H groups in total. The lowest BCUT2D eigenvalue weighted by Gasteiger charge is -2.27. The number of nitrogens with one attached hydrogen (secondary N) is 2. The molecule has 120 valence electrons. The Balaban J connectivity index is 2.03. The van der Waals surface area contributed by atoms with Gasteiger partial charge in [0.25, 0.3) is 5.91 Å². The first-order chi connectivity index (χ1) is 10.6. The summed E-state index contributed by atoms with van der Waals surface area (Å²) < 4.78 is 0. The van der Waals surface area contributed by atoms with Crippen LogP contribution < -0.4 is 10.2 Å². The predicted molar refractivity (Wildman–Crippen MR) is 88.3 cm³/mol. The number of carbonyl (C=O) groups is 2. The number of carbonyl (C=O) groups excluding carboxylic acids is 2. The fraction of sp³-hybridized carbons (Fsp3) is 0.556. The van der Waals surface area contributed by atoms with Gasteiger partial charge in [0.15, 0.2) is 11.8 Å². The summed E-state index contributed by atoms with van der Waals surface area (Å²) in [6.07, 6.45) is 6.24. The van der Waals surface area contributed by atoms with Crippen molar-refractivity contribution in [2.24, 2.45) is 0 Å². The van der Waals surface area contributed by atoms with E-state index >= 15 is 0 Å². The van der Waals surface area contributed by atoms with E-state index in [9.17, 15) is 9.59 Å². The monoisotopic (exact) mass is 303 g/mol. The molecule has 22 heavy (non-hydrogen) atoms. The molecule has 0 aliphatic carbocycles. The van der Waals surface area contributed by atoms with E-state index in [0.29, 0.717) is 11.3 Å². The molecule has 4 heteroatoms. The van der Waals surface area contributed by atoms with Gasteiger partial charge in [-0.15, -0.1) is 0 Å². The van der Waals surface area contributed by atoms with Gasteiger partial charge in [-0.25, -0.2) is 0 Å². The van der Waals surface area contributed by atoms with Crippen molar-refractivity contribution in [3.63, 3.8) is 0 Å². The van der Waals surface area contributed by atoms with Crippen LogP contribution in [-0.4, -0.2) is 30.8 Å². The molecule has 1 saturated heterocycles. The highest BCUT2D eigenvalue weighted by molar-refractivity contribution is 6.04. The van der Waals surface area contributed by atoms with E-state index in [4.69, 9.17) is 0 Å². The number of benzene rings is 1. The Morgan fingerprint density at radius 3 is 2.27 bits per heavy atom. The lowest BCUT2D eigenvalue weighted by molar-refractivity contribution is -0.914. The molecule has 0 bridgehead atoms. The van der Waals surface area contributed by atoms with Crippen molar-refractivity contribution < 1.29 is 14.5 Å². The lowest BCUT2D eigenvalue weighted by atomic mass is 10.1. The maximum absolute atomic E-state index is 12.5. The minimum Gasteiger partial charge on any atom is -0.325 e. The molecule has 1 aromatic carbocycles. The molecule has 1 fully saturated rings. The first-order valence-corrected chi connectivity index (χ1v) is 8.35. The van der Waals surface area contributed by atoms with Crippen LogP contribution in [-0.2, 0) is 4.79 Å². The molecule has 1 atom stereocenters. The van der Waals surface area contributed by atoms with E-state index in [1.54, 1.807) is 12.1 Å². The summed E-state index contributed by atoms with van der Waals surface area (Å²) in [5, 5.41) is 2.94. The van der Waals surface area contributed by atoms with Gasteiger partial charge in [0.05, 0.1) is 18.8 Å². The third-order valence-corrected chi connectivity index (χ3v) is 4.57. The molecule has 0 saturated carbocycles. The third kappa shape index (κ3) is 4.41. The first-order valence-electron chi connectivity index (χ1n) is 8.35. The van der Waals surface area contributed by atoms with Crippen molar-refractivity contribution >= 4 is 17.4 Å². The van der Waals surface area contributed by atoms with Gasteiger partial charge in [0.2, 0.25) is 0 Å². The second kappa shape index (κ2) is 8.08. The van der Waals surface area contributed by atoms with Gasteiger partial charge in [-0.05, 0) is 51.7 Å². The van der Waals surface area contributed by atoms with Crippen LogP contribution in [0.3, 0.4) is 0 Å². The molecule has 1 aromatic rings. The molecule has 2 rings (SSSR count). The summed E-state index contributed by atoms with van der Waals surface area (Å²) in [4.78, 5) is 25.5.